The highest BCUT2D eigenvalue weighted by Crippen LogP contribution is 2.20. The predicted octanol–water partition coefficient (Wildman–Crippen LogP) is 1.33. The van der Waals surface area contributed by atoms with Crippen LogP contribution in [0.15, 0.2) is 24.3 Å². The van der Waals surface area contributed by atoms with Gasteiger partial charge in [-0.2, -0.15) is 4.31 Å². The van der Waals surface area contributed by atoms with Crippen molar-refractivity contribution >= 4 is 15.9 Å². The average molecular weight is 328 g/mol. The second kappa shape index (κ2) is 8.14. The summed E-state index contributed by atoms with van der Waals surface area (Å²) in [6, 6.07) is 7.18. The van der Waals surface area contributed by atoms with E-state index in [0.29, 0.717) is 18.8 Å². The molecule has 22 heavy (non-hydrogen) atoms. The molecular formula is C15H24N2O4S. The van der Waals surface area contributed by atoms with Gasteiger partial charge in [0.15, 0.2) is 0 Å². The molecule has 0 heterocycles. The van der Waals surface area contributed by atoms with Gasteiger partial charge in [0, 0.05) is 25.2 Å². The Morgan fingerprint density at radius 2 is 1.77 bits per heavy atom. The smallest absolute Gasteiger partial charge is 0.237 e. The fraction of sp³-hybridized carbons (Fsp3) is 0.533. The summed E-state index contributed by atoms with van der Waals surface area (Å²) >= 11 is 0. The second-order valence-electron chi connectivity index (χ2n) is 4.91. The van der Waals surface area contributed by atoms with Gasteiger partial charge in [0.25, 0.3) is 0 Å². The number of ether oxygens (including phenoxy) is 1. The number of likely N-dealkylation sites (N-methyl/N-ethyl adjacent to an activating group) is 1. The molecular weight excluding hydrogens is 304 g/mol. The Kier molecular flexibility index (Phi) is 6.83. The number of hydrogen-bond acceptors (Lipinski definition) is 4. The van der Waals surface area contributed by atoms with Crippen LogP contribution in [-0.2, 0) is 21.4 Å². The molecule has 1 aromatic carbocycles. The van der Waals surface area contributed by atoms with Crippen LogP contribution in [-0.4, -0.2) is 56.5 Å². The van der Waals surface area contributed by atoms with Gasteiger partial charge in [0.2, 0.25) is 15.9 Å². The van der Waals surface area contributed by atoms with Crippen LogP contribution in [0.3, 0.4) is 0 Å². The molecule has 1 amide bonds. The maximum absolute atomic E-state index is 12.2. The molecule has 0 aliphatic heterocycles. The van der Waals surface area contributed by atoms with Gasteiger partial charge >= 0.3 is 0 Å². The van der Waals surface area contributed by atoms with Crippen molar-refractivity contribution in [1.82, 2.24) is 9.21 Å². The number of amides is 1. The number of benzene rings is 1. The molecule has 124 valence electrons. The molecule has 0 spiro atoms. The van der Waals surface area contributed by atoms with Crippen molar-refractivity contribution in [2.45, 2.75) is 20.4 Å². The van der Waals surface area contributed by atoms with E-state index >= 15 is 0 Å². The molecule has 0 aliphatic carbocycles. The second-order valence-corrected chi connectivity index (χ2v) is 6.89. The lowest BCUT2D eigenvalue weighted by atomic mass is 10.2. The summed E-state index contributed by atoms with van der Waals surface area (Å²) in [5.74, 6) is 0.400. The number of para-hydroxylation sites is 1. The van der Waals surface area contributed by atoms with E-state index in [1.54, 1.807) is 17.0 Å². The van der Waals surface area contributed by atoms with Crippen LogP contribution in [0.4, 0.5) is 0 Å². The van der Waals surface area contributed by atoms with E-state index in [1.165, 1.54) is 11.4 Å². The summed E-state index contributed by atoms with van der Waals surface area (Å²) in [7, 11) is -1.97. The Balaban J connectivity index is 2.98. The summed E-state index contributed by atoms with van der Waals surface area (Å²) in [6.07, 6.45) is 1.11. The average Bonchev–Trinajstić information content (AvgIpc) is 2.47. The molecule has 0 fully saturated rings. The minimum absolute atomic E-state index is 0.107. The van der Waals surface area contributed by atoms with Crippen LogP contribution in [0, 0.1) is 0 Å². The number of hydrogen-bond donors (Lipinski definition) is 0. The first kappa shape index (κ1) is 18.4. The normalized spacial score (nSPS) is 11.5. The van der Waals surface area contributed by atoms with Gasteiger partial charge in [0.1, 0.15) is 5.75 Å². The highest BCUT2D eigenvalue weighted by molar-refractivity contribution is 7.88. The third-order valence-corrected chi connectivity index (χ3v) is 4.63. The van der Waals surface area contributed by atoms with Crippen molar-refractivity contribution in [2.24, 2.45) is 0 Å². The molecule has 0 unspecified atom stereocenters. The first-order valence-corrected chi connectivity index (χ1v) is 9.03. The van der Waals surface area contributed by atoms with Crippen LogP contribution < -0.4 is 4.74 Å². The molecule has 0 saturated heterocycles. The van der Waals surface area contributed by atoms with Crippen molar-refractivity contribution < 1.29 is 17.9 Å². The van der Waals surface area contributed by atoms with E-state index in [0.717, 1.165) is 11.8 Å². The highest BCUT2D eigenvalue weighted by atomic mass is 32.2. The van der Waals surface area contributed by atoms with E-state index in [-0.39, 0.29) is 19.0 Å². The van der Waals surface area contributed by atoms with Crippen molar-refractivity contribution in [3.05, 3.63) is 29.8 Å². The summed E-state index contributed by atoms with van der Waals surface area (Å²) in [6.45, 7) is 4.79. The number of methoxy groups -OCH3 is 1. The van der Waals surface area contributed by atoms with Crippen LogP contribution in [0.25, 0.3) is 0 Å². The number of rotatable bonds is 8. The maximum Gasteiger partial charge on any atom is 0.237 e. The van der Waals surface area contributed by atoms with Gasteiger partial charge < -0.3 is 9.64 Å². The number of nitrogens with zero attached hydrogens (tertiary/aromatic N) is 2. The Morgan fingerprint density at radius 1 is 1.18 bits per heavy atom. The third kappa shape index (κ3) is 4.99. The molecule has 0 radical (unpaired) electrons. The van der Waals surface area contributed by atoms with E-state index in [9.17, 15) is 13.2 Å². The number of carbonyl (C=O) groups excluding carboxylic acids is 1. The van der Waals surface area contributed by atoms with Gasteiger partial charge in [-0.3, -0.25) is 4.79 Å². The summed E-state index contributed by atoms with van der Waals surface area (Å²) in [5.41, 5.74) is 0.725. The quantitative estimate of drug-likeness (QED) is 0.722. The highest BCUT2D eigenvalue weighted by Gasteiger charge is 2.23. The molecule has 0 atom stereocenters. The lowest BCUT2D eigenvalue weighted by Crippen LogP contribution is -2.42. The summed E-state index contributed by atoms with van der Waals surface area (Å²) in [4.78, 5) is 13.8. The van der Waals surface area contributed by atoms with E-state index in [4.69, 9.17) is 4.74 Å². The fourth-order valence-electron chi connectivity index (χ4n) is 2.14. The molecule has 7 heteroatoms. The molecule has 1 rings (SSSR count). The molecule has 0 aromatic heterocycles. The molecule has 0 bridgehead atoms. The van der Waals surface area contributed by atoms with Crippen molar-refractivity contribution in [3.63, 3.8) is 0 Å². The van der Waals surface area contributed by atoms with Crippen molar-refractivity contribution in [2.75, 3.05) is 33.0 Å². The lowest BCUT2D eigenvalue weighted by Gasteiger charge is -2.25. The minimum atomic E-state index is -3.50. The topological polar surface area (TPSA) is 66.9 Å². The van der Waals surface area contributed by atoms with E-state index < -0.39 is 10.0 Å². The Labute approximate surface area is 132 Å². The summed E-state index contributed by atoms with van der Waals surface area (Å²) < 4.78 is 30.4. The van der Waals surface area contributed by atoms with E-state index in [1.807, 2.05) is 26.0 Å². The van der Waals surface area contributed by atoms with Crippen LogP contribution in [0.2, 0.25) is 0 Å². The Morgan fingerprint density at radius 3 is 2.27 bits per heavy atom. The SMILES string of the molecule is CCN(CC)C(=O)CN(Cc1ccccc1OC)S(C)(=O)=O. The van der Waals surface area contributed by atoms with Gasteiger partial charge in [-0.05, 0) is 19.9 Å². The number of carbonyl (C=O) groups is 1. The van der Waals surface area contributed by atoms with Crippen molar-refractivity contribution in [3.8, 4) is 5.75 Å². The zero-order valence-electron chi connectivity index (χ0n) is 13.6. The number of sulfonamides is 1. The molecule has 0 N–H and O–H groups in total. The zero-order valence-corrected chi connectivity index (χ0v) is 14.4. The standard InChI is InChI=1S/C15H24N2O4S/c1-5-16(6-2)15(18)12-17(22(4,19)20)11-13-9-7-8-10-14(13)21-3/h7-10H,5-6,11-12H2,1-4H3. The summed E-state index contributed by atoms with van der Waals surface area (Å²) in [5, 5.41) is 0. The van der Waals surface area contributed by atoms with Gasteiger partial charge in [-0.15, -0.1) is 0 Å². The zero-order chi connectivity index (χ0) is 16.8. The van der Waals surface area contributed by atoms with Gasteiger partial charge in [-0.1, -0.05) is 18.2 Å². The molecule has 0 saturated carbocycles. The van der Waals surface area contributed by atoms with Crippen LogP contribution in [0.5, 0.6) is 5.75 Å². The minimum Gasteiger partial charge on any atom is -0.496 e. The van der Waals surface area contributed by atoms with Gasteiger partial charge in [-0.25, -0.2) is 8.42 Å². The van der Waals surface area contributed by atoms with E-state index in [2.05, 4.69) is 0 Å². The maximum atomic E-state index is 12.2. The lowest BCUT2D eigenvalue weighted by molar-refractivity contribution is -0.131. The predicted molar refractivity (Wildman–Crippen MR) is 86.2 cm³/mol. The molecule has 1 aromatic rings. The fourth-order valence-corrected chi connectivity index (χ4v) is 2.86. The largest absolute Gasteiger partial charge is 0.496 e. The first-order valence-electron chi connectivity index (χ1n) is 7.18. The Hall–Kier alpha value is -1.60. The monoisotopic (exact) mass is 328 g/mol. The molecule has 6 nitrogen and oxygen atoms in total. The van der Waals surface area contributed by atoms with Gasteiger partial charge in [0.05, 0.1) is 19.9 Å². The van der Waals surface area contributed by atoms with Crippen LogP contribution >= 0.6 is 0 Å². The third-order valence-electron chi connectivity index (χ3n) is 3.44. The Bertz CT molecular complexity index is 597. The van der Waals surface area contributed by atoms with Crippen molar-refractivity contribution in [1.29, 1.82) is 0 Å². The molecule has 0 aliphatic rings. The van der Waals surface area contributed by atoms with Crippen LogP contribution in [0.1, 0.15) is 19.4 Å². The first-order chi connectivity index (χ1) is 10.3.